The van der Waals surface area contributed by atoms with E-state index in [4.69, 9.17) is 11.5 Å². The maximum atomic E-state index is 12.0. The second kappa shape index (κ2) is 4.31. The van der Waals surface area contributed by atoms with Gasteiger partial charge in [-0.3, -0.25) is 9.59 Å². The van der Waals surface area contributed by atoms with Gasteiger partial charge in [0.05, 0.1) is 17.0 Å². The lowest BCUT2D eigenvalue weighted by Crippen LogP contribution is -2.23. The number of hydrogen-bond donors (Lipinski definition) is 2. The molecule has 5 nitrogen and oxygen atoms in total. The first-order valence-electron chi connectivity index (χ1n) is 6.00. The molecule has 20 heavy (non-hydrogen) atoms. The molecule has 1 heterocycles. The SMILES string of the molecule is NC1=CC(=O)c2ccc(-c3ccccc3N)nc2C1=O. The van der Waals surface area contributed by atoms with E-state index in [1.165, 1.54) is 0 Å². The summed E-state index contributed by atoms with van der Waals surface area (Å²) in [6, 6.07) is 10.4. The number of allylic oxidation sites excluding steroid dienone is 2. The van der Waals surface area contributed by atoms with Crippen LogP contribution in [0.1, 0.15) is 20.8 Å². The molecule has 0 bridgehead atoms. The van der Waals surface area contributed by atoms with Gasteiger partial charge in [0.15, 0.2) is 5.78 Å². The molecular weight excluding hydrogens is 254 g/mol. The van der Waals surface area contributed by atoms with Crippen molar-refractivity contribution in [1.82, 2.24) is 4.98 Å². The first-order chi connectivity index (χ1) is 9.58. The fraction of sp³-hybridized carbons (Fsp3) is 0. The van der Waals surface area contributed by atoms with E-state index < -0.39 is 5.78 Å². The van der Waals surface area contributed by atoms with Crippen molar-refractivity contribution < 1.29 is 9.59 Å². The number of fused-ring (bicyclic) bond motifs is 1. The highest BCUT2D eigenvalue weighted by Crippen LogP contribution is 2.26. The Labute approximate surface area is 114 Å². The second-order valence-corrected chi connectivity index (χ2v) is 4.47. The van der Waals surface area contributed by atoms with E-state index >= 15 is 0 Å². The van der Waals surface area contributed by atoms with Gasteiger partial charge in [0.25, 0.3) is 0 Å². The highest BCUT2D eigenvalue weighted by molar-refractivity contribution is 6.23. The third-order valence-electron chi connectivity index (χ3n) is 3.16. The first kappa shape index (κ1) is 12.1. The van der Waals surface area contributed by atoms with Crippen LogP contribution in [0, 0.1) is 0 Å². The lowest BCUT2D eigenvalue weighted by Gasteiger charge is -2.13. The van der Waals surface area contributed by atoms with Gasteiger partial charge < -0.3 is 11.5 Å². The summed E-state index contributed by atoms with van der Waals surface area (Å²) in [5.41, 5.74) is 13.5. The van der Waals surface area contributed by atoms with E-state index in [0.29, 0.717) is 16.9 Å². The van der Waals surface area contributed by atoms with E-state index in [0.717, 1.165) is 6.08 Å². The minimum Gasteiger partial charge on any atom is -0.398 e. The minimum absolute atomic E-state index is 0.0794. The molecular formula is C15H11N3O2. The van der Waals surface area contributed by atoms with Crippen LogP contribution in [0.15, 0.2) is 48.2 Å². The molecule has 0 saturated carbocycles. The lowest BCUT2D eigenvalue weighted by molar-refractivity contribution is 0.0979. The summed E-state index contributed by atoms with van der Waals surface area (Å²) in [6.07, 6.45) is 1.13. The molecule has 2 aromatic rings. The monoisotopic (exact) mass is 265 g/mol. The summed E-state index contributed by atoms with van der Waals surface area (Å²) in [6.45, 7) is 0. The topological polar surface area (TPSA) is 99.1 Å². The summed E-state index contributed by atoms with van der Waals surface area (Å²) >= 11 is 0. The van der Waals surface area contributed by atoms with Crippen molar-refractivity contribution in [2.75, 3.05) is 5.73 Å². The number of Topliss-reactive ketones (excluding diaryl/α,β-unsaturated/α-hetero) is 1. The number of carbonyl (C=O) groups excluding carboxylic acids is 2. The molecule has 1 aromatic carbocycles. The van der Waals surface area contributed by atoms with Crippen molar-refractivity contribution in [1.29, 1.82) is 0 Å². The van der Waals surface area contributed by atoms with E-state index in [1.807, 2.05) is 12.1 Å². The van der Waals surface area contributed by atoms with Crippen molar-refractivity contribution in [2.45, 2.75) is 0 Å². The molecule has 1 aliphatic rings. The zero-order valence-corrected chi connectivity index (χ0v) is 10.5. The van der Waals surface area contributed by atoms with E-state index in [-0.39, 0.29) is 22.7 Å². The zero-order chi connectivity index (χ0) is 14.3. The highest BCUT2D eigenvalue weighted by Gasteiger charge is 2.26. The van der Waals surface area contributed by atoms with Crippen LogP contribution in [0.4, 0.5) is 5.69 Å². The summed E-state index contributed by atoms with van der Waals surface area (Å²) in [5, 5.41) is 0. The molecule has 0 saturated heterocycles. The van der Waals surface area contributed by atoms with Crippen LogP contribution < -0.4 is 11.5 Å². The maximum Gasteiger partial charge on any atom is 0.227 e. The number of benzene rings is 1. The lowest BCUT2D eigenvalue weighted by atomic mass is 9.96. The molecule has 1 aromatic heterocycles. The molecule has 0 atom stereocenters. The Kier molecular flexibility index (Phi) is 2.61. The predicted molar refractivity (Wildman–Crippen MR) is 75.0 cm³/mol. The summed E-state index contributed by atoms with van der Waals surface area (Å²) < 4.78 is 0. The Morgan fingerprint density at radius 1 is 0.900 bits per heavy atom. The van der Waals surface area contributed by atoms with Gasteiger partial charge in [-0.2, -0.15) is 0 Å². The Balaban J connectivity index is 2.19. The highest BCUT2D eigenvalue weighted by atomic mass is 16.1. The van der Waals surface area contributed by atoms with Crippen LogP contribution in [0.25, 0.3) is 11.3 Å². The Morgan fingerprint density at radius 2 is 1.65 bits per heavy atom. The zero-order valence-electron chi connectivity index (χ0n) is 10.5. The van der Waals surface area contributed by atoms with Crippen molar-refractivity contribution >= 4 is 17.3 Å². The number of ketones is 2. The van der Waals surface area contributed by atoms with Crippen LogP contribution in [-0.4, -0.2) is 16.6 Å². The number of nitrogen functional groups attached to an aromatic ring is 1. The smallest absolute Gasteiger partial charge is 0.227 e. The Morgan fingerprint density at radius 3 is 2.40 bits per heavy atom. The fourth-order valence-electron chi connectivity index (χ4n) is 2.13. The normalized spacial score (nSPS) is 13.9. The van der Waals surface area contributed by atoms with Gasteiger partial charge in [-0.15, -0.1) is 0 Å². The predicted octanol–water partition coefficient (Wildman–Crippen LogP) is 1.55. The van der Waals surface area contributed by atoms with Crippen molar-refractivity contribution in [2.24, 2.45) is 5.73 Å². The number of para-hydroxylation sites is 1. The summed E-state index contributed by atoms with van der Waals surface area (Å²) in [4.78, 5) is 28.0. The number of rotatable bonds is 1. The average Bonchev–Trinajstić information content (AvgIpc) is 2.45. The molecule has 0 aliphatic heterocycles. The van der Waals surface area contributed by atoms with Crippen molar-refractivity contribution in [3.05, 3.63) is 59.4 Å². The van der Waals surface area contributed by atoms with Crippen LogP contribution in [0.2, 0.25) is 0 Å². The molecule has 0 spiro atoms. The molecule has 0 amide bonds. The Bertz CT molecular complexity index is 778. The van der Waals surface area contributed by atoms with Crippen LogP contribution in [-0.2, 0) is 0 Å². The van der Waals surface area contributed by atoms with Crippen LogP contribution >= 0.6 is 0 Å². The summed E-state index contributed by atoms with van der Waals surface area (Å²) in [7, 11) is 0. The number of pyridine rings is 1. The molecule has 1 aliphatic carbocycles. The van der Waals surface area contributed by atoms with Gasteiger partial charge in [-0.25, -0.2) is 4.98 Å². The van der Waals surface area contributed by atoms with Gasteiger partial charge in [0.2, 0.25) is 5.78 Å². The Hall–Kier alpha value is -2.95. The quantitative estimate of drug-likeness (QED) is 0.762. The number of hydrogen-bond acceptors (Lipinski definition) is 5. The largest absolute Gasteiger partial charge is 0.398 e. The van der Waals surface area contributed by atoms with E-state index in [2.05, 4.69) is 4.98 Å². The number of anilines is 1. The molecule has 4 N–H and O–H groups in total. The molecule has 98 valence electrons. The summed E-state index contributed by atoms with van der Waals surface area (Å²) in [5.74, 6) is -0.742. The number of aromatic nitrogens is 1. The average molecular weight is 265 g/mol. The van der Waals surface area contributed by atoms with Crippen molar-refractivity contribution in [3.63, 3.8) is 0 Å². The molecule has 0 fully saturated rings. The standard InChI is InChI=1S/C15H11N3O2/c16-10-4-2-1-3-8(10)12-6-5-9-13(19)7-11(17)15(20)14(9)18-12/h1-7H,16-17H2. The van der Waals surface area contributed by atoms with Gasteiger partial charge >= 0.3 is 0 Å². The van der Waals surface area contributed by atoms with E-state index in [1.54, 1.807) is 24.3 Å². The molecule has 0 radical (unpaired) electrons. The van der Waals surface area contributed by atoms with Gasteiger partial charge in [-0.05, 0) is 18.2 Å². The van der Waals surface area contributed by atoms with Crippen molar-refractivity contribution in [3.8, 4) is 11.3 Å². The fourth-order valence-corrected chi connectivity index (χ4v) is 2.13. The molecule has 0 unspecified atom stereocenters. The number of nitrogens with zero attached hydrogens (tertiary/aromatic N) is 1. The third kappa shape index (κ3) is 1.76. The van der Waals surface area contributed by atoms with Gasteiger partial charge in [-0.1, -0.05) is 18.2 Å². The minimum atomic E-state index is -0.434. The van der Waals surface area contributed by atoms with Gasteiger partial charge in [0, 0.05) is 17.3 Å². The molecule has 5 heteroatoms. The van der Waals surface area contributed by atoms with Crippen LogP contribution in [0.5, 0.6) is 0 Å². The number of nitrogens with two attached hydrogens (primary N) is 2. The van der Waals surface area contributed by atoms with E-state index in [9.17, 15) is 9.59 Å². The van der Waals surface area contributed by atoms with Crippen LogP contribution in [0.3, 0.4) is 0 Å². The maximum absolute atomic E-state index is 12.0. The molecule has 3 rings (SSSR count). The first-order valence-corrected chi connectivity index (χ1v) is 6.00. The third-order valence-corrected chi connectivity index (χ3v) is 3.16. The van der Waals surface area contributed by atoms with Gasteiger partial charge in [0.1, 0.15) is 5.69 Å². The second-order valence-electron chi connectivity index (χ2n) is 4.47. The number of carbonyl (C=O) groups is 2.